The number of rotatable bonds is 5. The van der Waals surface area contributed by atoms with Crippen molar-refractivity contribution >= 4 is 5.91 Å². The highest BCUT2D eigenvalue weighted by atomic mass is 16.3. The predicted octanol–water partition coefficient (Wildman–Crippen LogP) is 0.667. The van der Waals surface area contributed by atoms with E-state index in [4.69, 9.17) is 4.42 Å². The first-order valence-corrected chi connectivity index (χ1v) is 7.03. The summed E-state index contributed by atoms with van der Waals surface area (Å²) < 4.78 is 7.76. The van der Waals surface area contributed by atoms with E-state index in [2.05, 4.69) is 15.4 Å². The van der Waals surface area contributed by atoms with Crippen molar-refractivity contribution in [2.45, 2.75) is 6.54 Å². The molecule has 0 fully saturated rings. The van der Waals surface area contributed by atoms with Crippen molar-refractivity contribution in [1.29, 1.82) is 0 Å². The van der Waals surface area contributed by atoms with Gasteiger partial charge in [-0.1, -0.05) is 0 Å². The molecule has 0 bridgehead atoms. The second-order valence-electron chi connectivity index (χ2n) is 4.86. The normalized spacial score (nSPS) is 10.7. The quantitative estimate of drug-likeness (QED) is 0.747. The first-order valence-electron chi connectivity index (χ1n) is 7.03. The Labute approximate surface area is 131 Å². The second-order valence-corrected chi connectivity index (χ2v) is 4.86. The monoisotopic (exact) mass is 313 g/mol. The van der Waals surface area contributed by atoms with Gasteiger partial charge in [-0.05, 0) is 24.3 Å². The van der Waals surface area contributed by atoms with Crippen molar-refractivity contribution < 1.29 is 9.21 Å². The van der Waals surface area contributed by atoms with Gasteiger partial charge < -0.3 is 9.73 Å². The van der Waals surface area contributed by atoms with Gasteiger partial charge >= 0.3 is 5.69 Å². The van der Waals surface area contributed by atoms with Crippen LogP contribution < -0.4 is 11.0 Å². The van der Waals surface area contributed by atoms with Crippen molar-refractivity contribution in [3.63, 3.8) is 0 Å². The van der Waals surface area contributed by atoms with Crippen LogP contribution in [0, 0.1) is 0 Å². The molecule has 3 aromatic rings. The topological polar surface area (TPSA) is 95.0 Å². The number of furan rings is 1. The van der Waals surface area contributed by atoms with Gasteiger partial charge in [0.15, 0.2) is 11.6 Å². The molecule has 0 aromatic carbocycles. The Balaban J connectivity index is 1.69. The molecule has 1 N–H and O–H groups in total. The zero-order valence-corrected chi connectivity index (χ0v) is 12.5. The molecular weight excluding hydrogens is 298 g/mol. The van der Waals surface area contributed by atoms with Gasteiger partial charge in [-0.25, -0.2) is 9.48 Å². The summed E-state index contributed by atoms with van der Waals surface area (Å²) >= 11 is 0. The highest BCUT2D eigenvalue weighted by Crippen LogP contribution is 2.12. The molecule has 0 saturated carbocycles. The number of aromatic nitrogens is 4. The summed E-state index contributed by atoms with van der Waals surface area (Å²) in [4.78, 5) is 28.0. The van der Waals surface area contributed by atoms with Gasteiger partial charge in [0.25, 0.3) is 5.91 Å². The maximum absolute atomic E-state index is 12.2. The average molecular weight is 313 g/mol. The molecule has 3 rings (SSSR count). The van der Waals surface area contributed by atoms with Gasteiger partial charge in [0, 0.05) is 31.5 Å². The minimum Gasteiger partial charge on any atom is -0.459 e. The van der Waals surface area contributed by atoms with Gasteiger partial charge in [0.2, 0.25) is 0 Å². The van der Waals surface area contributed by atoms with Crippen molar-refractivity contribution in [2.24, 2.45) is 7.05 Å². The fourth-order valence-corrected chi connectivity index (χ4v) is 2.15. The van der Waals surface area contributed by atoms with Crippen LogP contribution in [0.4, 0.5) is 0 Å². The van der Waals surface area contributed by atoms with Crippen molar-refractivity contribution in [3.05, 3.63) is 59.2 Å². The van der Waals surface area contributed by atoms with E-state index in [9.17, 15) is 9.59 Å². The fraction of sp³-hybridized carbons (Fsp3) is 0.200. The lowest BCUT2D eigenvalue weighted by Crippen LogP contribution is -2.31. The van der Waals surface area contributed by atoms with Crippen LogP contribution in [0.3, 0.4) is 0 Å². The van der Waals surface area contributed by atoms with Crippen LogP contribution in [0.15, 0.2) is 52.1 Å². The molecule has 0 unspecified atom stereocenters. The van der Waals surface area contributed by atoms with E-state index in [1.54, 1.807) is 37.6 Å². The molecule has 0 saturated heterocycles. The number of amides is 1. The molecule has 0 aliphatic heterocycles. The Kier molecular flexibility index (Phi) is 4.05. The number of pyridine rings is 1. The summed E-state index contributed by atoms with van der Waals surface area (Å²) in [5.74, 6) is 0.432. The Morgan fingerprint density at radius 1 is 1.35 bits per heavy atom. The molecule has 23 heavy (non-hydrogen) atoms. The van der Waals surface area contributed by atoms with E-state index in [1.807, 2.05) is 6.07 Å². The maximum atomic E-state index is 12.2. The van der Waals surface area contributed by atoms with Crippen LogP contribution in [-0.4, -0.2) is 31.8 Å². The SMILES string of the molecule is Cn1c(-c2cccnc2)nn(CCNC(=O)c2ccco2)c1=O. The van der Waals surface area contributed by atoms with E-state index in [1.165, 1.54) is 15.5 Å². The minimum absolute atomic E-state index is 0.231. The van der Waals surface area contributed by atoms with E-state index in [-0.39, 0.29) is 30.4 Å². The molecule has 0 aliphatic carbocycles. The number of nitrogens with one attached hydrogen (secondary N) is 1. The predicted molar refractivity (Wildman–Crippen MR) is 81.7 cm³/mol. The van der Waals surface area contributed by atoms with Gasteiger partial charge in [-0.3, -0.25) is 14.3 Å². The van der Waals surface area contributed by atoms with Gasteiger partial charge in [0.1, 0.15) is 0 Å². The summed E-state index contributed by atoms with van der Waals surface area (Å²) in [5, 5.41) is 6.97. The first kappa shape index (κ1) is 14.8. The molecule has 8 heteroatoms. The zero-order chi connectivity index (χ0) is 16.2. The van der Waals surface area contributed by atoms with Crippen molar-refractivity contribution in [1.82, 2.24) is 24.6 Å². The van der Waals surface area contributed by atoms with Crippen LogP contribution in [0.2, 0.25) is 0 Å². The zero-order valence-electron chi connectivity index (χ0n) is 12.5. The first-order chi connectivity index (χ1) is 11.2. The van der Waals surface area contributed by atoms with Crippen molar-refractivity contribution in [2.75, 3.05) is 6.54 Å². The van der Waals surface area contributed by atoms with Crippen molar-refractivity contribution in [3.8, 4) is 11.4 Å². The van der Waals surface area contributed by atoms with Gasteiger partial charge in [-0.15, -0.1) is 5.10 Å². The maximum Gasteiger partial charge on any atom is 0.345 e. The Bertz CT molecular complexity index is 849. The Morgan fingerprint density at radius 2 is 2.22 bits per heavy atom. The molecule has 3 heterocycles. The molecule has 0 atom stereocenters. The van der Waals surface area contributed by atoms with Gasteiger partial charge in [0.05, 0.1) is 12.8 Å². The van der Waals surface area contributed by atoms with Crippen LogP contribution in [-0.2, 0) is 13.6 Å². The Morgan fingerprint density at radius 3 is 2.91 bits per heavy atom. The lowest BCUT2D eigenvalue weighted by atomic mass is 10.3. The van der Waals surface area contributed by atoms with Crippen LogP contribution in [0.25, 0.3) is 11.4 Å². The number of hydrogen-bond donors (Lipinski definition) is 1. The largest absolute Gasteiger partial charge is 0.459 e. The standard InChI is InChI=1S/C15H15N5O3/c1-19-13(11-4-2-6-16-10-11)18-20(15(19)22)8-7-17-14(21)12-5-3-9-23-12/h2-6,9-10H,7-8H2,1H3,(H,17,21). The highest BCUT2D eigenvalue weighted by Gasteiger charge is 2.13. The number of nitrogens with zero attached hydrogens (tertiary/aromatic N) is 4. The van der Waals surface area contributed by atoms with Gasteiger partial charge in [-0.2, -0.15) is 0 Å². The lowest BCUT2D eigenvalue weighted by molar-refractivity contribution is 0.0924. The summed E-state index contributed by atoms with van der Waals surface area (Å²) in [6.07, 6.45) is 4.73. The molecule has 1 amide bonds. The smallest absolute Gasteiger partial charge is 0.345 e. The third-order valence-electron chi connectivity index (χ3n) is 3.31. The number of carbonyl (C=O) groups is 1. The average Bonchev–Trinajstić information content (AvgIpc) is 3.20. The molecule has 8 nitrogen and oxygen atoms in total. The van der Waals surface area contributed by atoms with Crippen LogP contribution >= 0.6 is 0 Å². The van der Waals surface area contributed by atoms with E-state index in [0.717, 1.165) is 5.56 Å². The summed E-state index contributed by atoms with van der Waals surface area (Å²) in [5.41, 5.74) is 0.501. The summed E-state index contributed by atoms with van der Waals surface area (Å²) in [6.45, 7) is 0.530. The third-order valence-corrected chi connectivity index (χ3v) is 3.31. The molecule has 3 aromatic heterocycles. The van der Waals surface area contributed by atoms with E-state index in [0.29, 0.717) is 5.82 Å². The lowest BCUT2D eigenvalue weighted by Gasteiger charge is -2.02. The third kappa shape index (κ3) is 3.05. The molecule has 118 valence electrons. The Hall–Kier alpha value is -3.16. The molecule has 0 radical (unpaired) electrons. The second kappa shape index (κ2) is 6.30. The fourth-order valence-electron chi connectivity index (χ4n) is 2.15. The van der Waals surface area contributed by atoms with Crippen LogP contribution in [0.5, 0.6) is 0 Å². The highest BCUT2D eigenvalue weighted by molar-refractivity contribution is 5.91. The minimum atomic E-state index is -0.327. The van der Waals surface area contributed by atoms with E-state index < -0.39 is 0 Å². The number of carbonyl (C=O) groups excluding carboxylic acids is 1. The molecular formula is C15H15N5O3. The molecule has 0 spiro atoms. The van der Waals surface area contributed by atoms with E-state index >= 15 is 0 Å². The van der Waals surface area contributed by atoms with Crippen LogP contribution in [0.1, 0.15) is 10.6 Å². The number of hydrogen-bond acceptors (Lipinski definition) is 5. The summed E-state index contributed by atoms with van der Waals surface area (Å²) in [7, 11) is 1.65. The summed E-state index contributed by atoms with van der Waals surface area (Å²) in [6, 6.07) is 6.82. The molecule has 0 aliphatic rings.